The Morgan fingerprint density at radius 1 is 1.00 bits per heavy atom. The van der Waals surface area contributed by atoms with Gasteiger partial charge < -0.3 is 5.11 Å². The van der Waals surface area contributed by atoms with Gasteiger partial charge in [-0.3, -0.25) is 4.79 Å². The first kappa shape index (κ1) is 13.3. The molecule has 0 aliphatic carbocycles. The second-order valence-electron chi connectivity index (χ2n) is 4.13. The Labute approximate surface area is 115 Å². The lowest BCUT2D eigenvalue weighted by atomic mass is 10.0. The fourth-order valence-electron chi connectivity index (χ4n) is 1.77. The molecular weight excluding hydrogens is 264 g/mol. The number of carbonyl (C=O) groups is 2. The summed E-state index contributed by atoms with van der Waals surface area (Å²) in [5.41, 5.74) is 2.27. The van der Waals surface area contributed by atoms with Crippen LogP contribution in [-0.4, -0.2) is 16.9 Å². The number of halogens is 1. The highest BCUT2D eigenvalue weighted by Gasteiger charge is 2.10. The average molecular weight is 275 g/mol. The molecule has 0 unspecified atom stereocenters. The first-order valence-corrected chi connectivity index (χ1v) is 6.01. The van der Waals surface area contributed by atoms with Gasteiger partial charge in [0, 0.05) is 5.56 Å². The van der Waals surface area contributed by atoms with Crippen molar-refractivity contribution in [3.8, 4) is 11.1 Å². The minimum absolute atomic E-state index is 0.00567. The molecule has 2 aromatic rings. The molecule has 0 aromatic heterocycles. The minimum Gasteiger partial charge on any atom is -0.478 e. The van der Waals surface area contributed by atoms with E-state index in [0.29, 0.717) is 5.56 Å². The van der Waals surface area contributed by atoms with Gasteiger partial charge in [-0.2, -0.15) is 0 Å². The highest BCUT2D eigenvalue weighted by Crippen LogP contribution is 2.25. The first-order valence-electron chi connectivity index (χ1n) is 5.63. The maximum Gasteiger partial charge on any atom is 0.337 e. The maximum absolute atomic E-state index is 11.2. The van der Waals surface area contributed by atoms with E-state index >= 15 is 0 Å². The zero-order valence-electron chi connectivity index (χ0n) is 10.2. The molecule has 0 saturated heterocycles. The monoisotopic (exact) mass is 274 g/mol. The van der Waals surface area contributed by atoms with E-state index < -0.39 is 5.97 Å². The quantitative estimate of drug-likeness (QED) is 0.864. The number of carboxylic acid groups (broad SMARTS) is 1. The molecule has 1 N–H and O–H groups in total. The van der Waals surface area contributed by atoms with Crippen LogP contribution in [0.1, 0.15) is 27.6 Å². The minimum atomic E-state index is -1.06. The average Bonchev–Trinajstić information content (AvgIpc) is 2.39. The van der Waals surface area contributed by atoms with Gasteiger partial charge in [-0.25, -0.2) is 4.79 Å². The van der Waals surface area contributed by atoms with Crippen LogP contribution in [0.3, 0.4) is 0 Å². The summed E-state index contributed by atoms with van der Waals surface area (Å²) in [7, 11) is 0. The smallest absolute Gasteiger partial charge is 0.337 e. The molecule has 2 rings (SSSR count). The number of hydrogen-bond donors (Lipinski definition) is 1. The Morgan fingerprint density at radius 2 is 1.58 bits per heavy atom. The second-order valence-corrected chi connectivity index (χ2v) is 4.54. The van der Waals surface area contributed by atoms with Gasteiger partial charge in [-0.15, -0.1) is 0 Å². The van der Waals surface area contributed by atoms with Gasteiger partial charge in [0.2, 0.25) is 0 Å². The Bertz CT molecular complexity index is 645. The lowest BCUT2D eigenvalue weighted by Gasteiger charge is -2.05. The number of Topliss-reactive ketones (excluding diaryl/α,β-unsaturated/α-hetero) is 1. The van der Waals surface area contributed by atoms with Gasteiger partial charge in [0.1, 0.15) is 0 Å². The molecule has 0 aliphatic rings. The van der Waals surface area contributed by atoms with Crippen LogP contribution in [0.25, 0.3) is 11.1 Å². The van der Waals surface area contributed by atoms with E-state index in [0.717, 1.165) is 11.1 Å². The largest absolute Gasteiger partial charge is 0.478 e. The fourth-order valence-corrected chi connectivity index (χ4v) is 1.96. The van der Waals surface area contributed by atoms with Crippen LogP contribution < -0.4 is 0 Å². The van der Waals surface area contributed by atoms with E-state index in [2.05, 4.69) is 0 Å². The maximum atomic E-state index is 11.2. The van der Waals surface area contributed by atoms with Crippen molar-refractivity contribution in [2.75, 3.05) is 0 Å². The predicted molar refractivity (Wildman–Crippen MR) is 73.9 cm³/mol. The fraction of sp³-hybridized carbons (Fsp3) is 0.0667. The third-order valence-corrected chi connectivity index (χ3v) is 3.15. The van der Waals surface area contributed by atoms with Crippen LogP contribution in [0.2, 0.25) is 5.02 Å². The molecule has 0 bridgehead atoms. The molecule has 2 aromatic carbocycles. The zero-order chi connectivity index (χ0) is 14.0. The number of ketones is 1. The Morgan fingerprint density at radius 3 is 2.11 bits per heavy atom. The van der Waals surface area contributed by atoms with E-state index in [-0.39, 0.29) is 16.4 Å². The number of carboxylic acids is 1. The lowest BCUT2D eigenvalue weighted by Crippen LogP contribution is -1.97. The SMILES string of the molecule is CC(=O)c1ccc(-c2ccc(Cl)c(C(=O)O)c2)cc1. The van der Waals surface area contributed by atoms with Gasteiger partial charge in [0.05, 0.1) is 10.6 Å². The summed E-state index contributed by atoms with van der Waals surface area (Å²) in [5.74, 6) is -1.07. The molecule has 0 fully saturated rings. The molecule has 0 saturated carbocycles. The van der Waals surface area contributed by atoms with Crippen molar-refractivity contribution in [1.82, 2.24) is 0 Å². The van der Waals surface area contributed by atoms with Gasteiger partial charge in [-0.1, -0.05) is 41.9 Å². The molecule has 0 spiro atoms. The topological polar surface area (TPSA) is 54.4 Å². The summed E-state index contributed by atoms with van der Waals surface area (Å²) in [6.45, 7) is 1.50. The van der Waals surface area contributed by atoms with Gasteiger partial charge in [-0.05, 0) is 30.2 Å². The summed E-state index contributed by atoms with van der Waals surface area (Å²) < 4.78 is 0. The summed E-state index contributed by atoms with van der Waals surface area (Å²) in [4.78, 5) is 22.2. The Balaban J connectivity index is 2.44. The van der Waals surface area contributed by atoms with Crippen molar-refractivity contribution in [2.24, 2.45) is 0 Å². The van der Waals surface area contributed by atoms with Crippen molar-refractivity contribution in [3.63, 3.8) is 0 Å². The van der Waals surface area contributed by atoms with Crippen molar-refractivity contribution in [1.29, 1.82) is 0 Å². The van der Waals surface area contributed by atoms with E-state index in [4.69, 9.17) is 16.7 Å². The van der Waals surface area contributed by atoms with Crippen molar-refractivity contribution >= 4 is 23.4 Å². The first-order chi connectivity index (χ1) is 8.99. The van der Waals surface area contributed by atoms with E-state index in [9.17, 15) is 9.59 Å². The van der Waals surface area contributed by atoms with Crippen LogP contribution in [0, 0.1) is 0 Å². The molecule has 19 heavy (non-hydrogen) atoms. The number of rotatable bonds is 3. The third kappa shape index (κ3) is 2.83. The van der Waals surface area contributed by atoms with Crippen molar-refractivity contribution < 1.29 is 14.7 Å². The predicted octanol–water partition coefficient (Wildman–Crippen LogP) is 3.91. The van der Waals surface area contributed by atoms with E-state index in [1.54, 1.807) is 36.4 Å². The van der Waals surface area contributed by atoms with Crippen LogP contribution in [0.5, 0.6) is 0 Å². The molecule has 0 radical (unpaired) electrons. The summed E-state index contributed by atoms with van der Waals surface area (Å²) in [5, 5.41) is 9.23. The standard InChI is InChI=1S/C15H11ClO3/c1-9(17)10-2-4-11(5-3-10)12-6-7-14(16)13(8-12)15(18)19/h2-8H,1H3,(H,18,19). The Kier molecular flexibility index (Phi) is 3.67. The number of carbonyl (C=O) groups excluding carboxylic acids is 1. The lowest BCUT2D eigenvalue weighted by molar-refractivity contribution is 0.0697. The molecule has 4 heteroatoms. The summed E-state index contributed by atoms with van der Waals surface area (Å²) in [6.07, 6.45) is 0. The van der Waals surface area contributed by atoms with Crippen LogP contribution in [0.15, 0.2) is 42.5 Å². The number of benzene rings is 2. The second kappa shape index (κ2) is 5.24. The molecule has 0 amide bonds. The normalized spacial score (nSPS) is 10.2. The highest BCUT2D eigenvalue weighted by atomic mass is 35.5. The van der Waals surface area contributed by atoms with Crippen molar-refractivity contribution in [3.05, 3.63) is 58.6 Å². The zero-order valence-corrected chi connectivity index (χ0v) is 10.9. The number of aromatic carboxylic acids is 1. The summed E-state index contributed by atoms with van der Waals surface area (Å²) in [6, 6.07) is 11.8. The summed E-state index contributed by atoms with van der Waals surface area (Å²) >= 11 is 5.82. The van der Waals surface area contributed by atoms with Crippen LogP contribution in [0.4, 0.5) is 0 Å². The molecule has 96 valence electrons. The molecule has 3 nitrogen and oxygen atoms in total. The van der Waals surface area contributed by atoms with E-state index in [1.165, 1.54) is 13.0 Å². The van der Waals surface area contributed by atoms with Gasteiger partial charge in [0.25, 0.3) is 0 Å². The van der Waals surface area contributed by atoms with Crippen LogP contribution in [-0.2, 0) is 0 Å². The van der Waals surface area contributed by atoms with Gasteiger partial charge >= 0.3 is 5.97 Å². The molecule has 0 heterocycles. The number of hydrogen-bond acceptors (Lipinski definition) is 2. The van der Waals surface area contributed by atoms with Gasteiger partial charge in [0.15, 0.2) is 5.78 Å². The molecule has 0 atom stereocenters. The highest BCUT2D eigenvalue weighted by molar-refractivity contribution is 6.33. The van der Waals surface area contributed by atoms with Crippen LogP contribution >= 0.6 is 11.6 Å². The molecule has 0 aliphatic heterocycles. The Hall–Kier alpha value is -2.13. The third-order valence-electron chi connectivity index (χ3n) is 2.82. The van der Waals surface area contributed by atoms with Crippen molar-refractivity contribution in [2.45, 2.75) is 6.92 Å². The van der Waals surface area contributed by atoms with E-state index in [1.807, 2.05) is 0 Å². The molecular formula is C15H11ClO3.